The van der Waals surface area contributed by atoms with Crippen LogP contribution in [0, 0.1) is 13.8 Å². The minimum atomic E-state index is -0.0587. The fourth-order valence-corrected chi connectivity index (χ4v) is 3.82. The Bertz CT molecular complexity index is 746. The van der Waals surface area contributed by atoms with Gasteiger partial charge in [0.1, 0.15) is 0 Å². The minimum absolute atomic E-state index is 0.0321. The summed E-state index contributed by atoms with van der Waals surface area (Å²) in [6, 6.07) is 10.4. The Balaban J connectivity index is 1.69. The van der Waals surface area contributed by atoms with Gasteiger partial charge in [-0.2, -0.15) is 0 Å². The molecule has 1 amide bonds. The van der Waals surface area contributed by atoms with E-state index in [2.05, 4.69) is 54.4 Å². The Hall–Kier alpha value is -1.95. The minimum Gasteiger partial charge on any atom is -0.379 e. The predicted molar refractivity (Wildman–Crippen MR) is 107 cm³/mol. The molecule has 0 spiro atoms. The first kappa shape index (κ1) is 18.8. The Morgan fingerprint density at radius 1 is 1.23 bits per heavy atom. The van der Waals surface area contributed by atoms with Gasteiger partial charge in [-0.25, -0.2) is 0 Å². The first-order chi connectivity index (χ1) is 12.6. The third-order valence-corrected chi connectivity index (χ3v) is 5.61. The summed E-state index contributed by atoms with van der Waals surface area (Å²) in [5.74, 6) is -0.0587. The lowest BCUT2D eigenvalue weighted by molar-refractivity contribution is -0.117. The standard InChI is InChI=1S/C21H26N2O2S/c1-16-3-5-18(6-4-16)19(15-23-10-12-25-13-11-23)22-21(24)8-7-20-17(2)9-14-26-20/h3-9,14,19H,10-13,15H2,1-2H3,(H,22,24)/b8-7+/t19-/m1/s1. The zero-order valence-corrected chi connectivity index (χ0v) is 16.2. The number of carbonyl (C=O) groups is 1. The molecule has 5 heteroatoms. The van der Waals surface area contributed by atoms with Gasteiger partial charge in [-0.15, -0.1) is 11.3 Å². The molecule has 1 atom stereocenters. The van der Waals surface area contributed by atoms with Gasteiger partial charge in [0.2, 0.25) is 5.91 Å². The van der Waals surface area contributed by atoms with Crippen molar-refractivity contribution in [3.8, 4) is 0 Å². The SMILES string of the molecule is Cc1ccc([C@@H](CN2CCOCC2)NC(=O)/C=C/c2sccc2C)cc1. The fraction of sp³-hybridized carbons (Fsp3) is 0.381. The van der Waals surface area contributed by atoms with Crippen LogP contribution in [-0.4, -0.2) is 43.7 Å². The zero-order valence-electron chi connectivity index (χ0n) is 15.4. The Morgan fingerprint density at radius 2 is 1.96 bits per heavy atom. The van der Waals surface area contributed by atoms with Crippen molar-refractivity contribution in [3.63, 3.8) is 0 Å². The van der Waals surface area contributed by atoms with Crippen LogP contribution in [0.5, 0.6) is 0 Å². The van der Waals surface area contributed by atoms with Crippen molar-refractivity contribution in [2.24, 2.45) is 0 Å². The summed E-state index contributed by atoms with van der Waals surface area (Å²) >= 11 is 1.65. The number of benzene rings is 1. The maximum atomic E-state index is 12.5. The van der Waals surface area contributed by atoms with E-state index in [1.54, 1.807) is 17.4 Å². The Kier molecular flexibility index (Phi) is 6.61. The number of ether oxygens (including phenoxy) is 1. The lowest BCUT2D eigenvalue weighted by Crippen LogP contribution is -2.42. The maximum absolute atomic E-state index is 12.5. The summed E-state index contributed by atoms with van der Waals surface area (Å²) < 4.78 is 5.44. The van der Waals surface area contributed by atoms with E-state index in [-0.39, 0.29) is 11.9 Å². The molecule has 1 fully saturated rings. The van der Waals surface area contributed by atoms with Crippen molar-refractivity contribution in [1.82, 2.24) is 10.2 Å². The first-order valence-corrected chi connectivity index (χ1v) is 9.89. The van der Waals surface area contributed by atoms with Gasteiger partial charge in [-0.3, -0.25) is 9.69 Å². The molecule has 1 aromatic carbocycles. The van der Waals surface area contributed by atoms with Crippen molar-refractivity contribution < 1.29 is 9.53 Å². The number of rotatable bonds is 6. The van der Waals surface area contributed by atoms with E-state index in [0.717, 1.165) is 43.3 Å². The molecule has 2 heterocycles. The van der Waals surface area contributed by atoms with Crippen LogP contribution in [0.15, 0.2) is 41.8 Å². The van der Waals surface area contributed by atoms with Crippen molar-refractivity contribution >= 4 is 23.3 Å². The third-order valence-electron chi connectivity index (χ3n) is 4.63. The van der Waals surface area contributed by atoms with E-state index in [1.165, 1.54) is 11.1 Å². The van der Waals surface area contributed by atoms with Gasteiger partial charge in [-0.1, -0.05) is 29.8 Å². The second-order valence-corrected chi connectivity index (χ2v) is 7.63. The number of hydrogen-bond acceptors (Lipinski definition) is 4. The van der Waals surface area contributed by atoms with Gasteiger partial charge < -0.3 is 10.1 Å². The molecule has 1 aromatic heterocycles. The number of carbonyl (C=O) groups excluding carboxylic acids is 1. The second kappa shape index (κ2) is 9.12. The highest BCUT2D eigenvalue weighted by molar-refractivity contribution is 7.11. The molecule has 1 aliphatic heterocycles. The van der Waals surface area contributed by atoms with E-state index in [1.807, 2.05) is 11.5 Å². The van der Waals surface area contributed by atoms with Gasteiger partial charge in [0.25, 0.3) is 0 Å². The number of nitrogens with one attached hydrogen (secondary N) is 1. The van der Waals surface area contributed by atoms with Crippen LogP contribution in [-0.2, 0) is 9.53 Å². The molecule has 0 unspecified atom stereocenters. The van der Waals surface area contributed by atoms with Gasteiger partial charge in [0.15, 0.2) is 0 Å². The Labute approximate surface area is 159 Å². The molecule has 0 bridgehead atoms. The predicted octanol–water partition coefficient (Wildman–Crippen LogP) is 3.57. The molecule has 138 valence electrons. The van der Waals surface area contributed by atoms with E-state index in [9.17, 15) is 4.79 Å². The molecule has 1 N–H and O–H groups in total. The Morgan fingerprint density at radius 3 is 2.62 bits per heavy atom. The highest BCUT2D eigenvalue weighted by atomic mass is 32.1. The molecule has 26 heavy (non-hydrogen) atoms. The van der Waals surface area contributed by atoms with E-state index >= 15 is 0 Å². The zero-order chi connectivity index (χ0) is 18.4. The van der Waals surface area contributed by atoms with Crippen LogP contribution in [0.25, 0.3) is 6.08 Å². The smallest absolute Gasteiger partial charge is 0.244 e. The summed E-state index contributed by atoms with van der Waals surface area (Å²) in [7, 11) is 0. The molecule has 2 aromatic rings. The quantitative estimate of drug-likeness (QED) is 0.791. The number of aryl methyl sites for hydroxylation is 2. The normalized spacial score (nSPS) is 16.7. The van der Waals surface area contributed by atoms with Gasteiger partial charge >= 0.3 is 0 Å². The second-order valence-electron chi connectivity index (χ2n) is 6.69. The summed E-state index contributed by atoms with van der Waals surface area (Å²) in [5, 5.41) is 5.22. The summed E-state index contributed by atoms with van der Waals surface area (Å²) in [5.41, 5.74) is 3.55. The fourth-order valence-electron chi connectivity index (χ4n) is 3.00. The first-order valence-electron chi connectivity index (χ1n) is 9.01. The van der Waals surface area contributed by atoms with Crippen LogP contribution in [0.4, 0.5) is 0 Å². The number of thiophene rings is 1. The topological polar surface area (TPSA) is 41.6 Å². The van der Waals surface area contributed by atoms with Gasteiger partial charge in [0.05, 0.1) is 19.3 Å². The number of morpholine rings is 1. The lowest BCUT2D eigenvalue weighted by atomic mass is 10.0. The van der Waals surface area contributed by atoms with Crippen LogP contribution < -0.4 is 5.32 Å². The van der Waals surface area contributed by atoms with Crippen molar-refractivity contribution in [2.75, 3.05) is 32.8 Å². The molecular weight excluding hydrogens is 344 g/mol. The third kappa shape index (κ3) is 5.27. The molecular formula is C21H26N2O2S. The van der Waals surface area contributed by atoms with Crippen LogP contribution in [0.2, 0.25) is 0 Å². The van der Waals surface area contributed by atoms with Gasteiger partial charge in [0, 0.05) is 30.6 Å². The molecule has 1 saturated heterocycles. The number of amides is 1. The molecule has 3 rings (SSSR count). The highest BCUT2D eigenvalue weighted by Crippen LogP contribution is 2.18. The van der Waals surface area contributed by atoms with Crippen LogP contribution >= 0.6 is 11.3 Å². The largest absolute Gasteiger partial charge is 0.379 e. The van der Waals surface area contributed by atoms with Gasteiger partial charge in [-0.05, 0) is 42.5 Å². The van der Waals surface area contributed by atoms with Crippen LogP contribution in [0.1, 0.15) is 27.6 Å². The summed E-state index contributed by atoms with van der Waals surface area (Å²) in [4.78, 5) is 16.0. The molecule has 0 saturated carbocycles. The van der Waals surface area contributed by atoms with E-state index < -0.39 is 0 Å². The van der Waals surface area contributed by atoms with E-state index in [4.69, 9.17) is 4.74 Å². The average Bonchev–Trinajstić information content (AvgIpc) is 3.06. The van der Waals surface area contributed by atoms with Crippen molar-refractivity contribution in [1.29, 1.82) is 0 Å². The molecule has 0 aliphatic carbocycles. The molecule has 4 nitrogen and oxygen atoms in total. The number of nitrogens with zero attached hydrogens (tertiary/aromatic N) is 1. The van der Waals surface area contributed by atoms with Crippen LogP contribution in [0.3, 0.4) is 0 Å². The van der Waals surface area contributed by atoms with Crippen molar-refractivity contribution in [3.05, 3.63) is 63.4 Å². The monoisotopic (exact) mass is 370 g/mol. The summed E-state index contributed by atoms with van der Waals surface area (Å²) in [6.45, 7) is 8.25. The molecule has 1 aliphatic rings. The highest BCUT2D eigenvalue weighted by Gasteiger charge is 2.19. The number of hydrogen-bond donors (Lipinski definition) is 1. The maximum Gasteiger partial charge on any atom is 0.244 e. The average molecular weight is 371 g/mol. The summed E-state index contributed by atoms with van der Waals surface area (Å²) in [6.07, 6.45) is 3.54. The van der Waals surface area contributed by atoms with Crippen molar-refractivity contribution in [2.45, 2.75) is 19.9 Å². The lowest BCUT2D eigenvalue weighted by Gasteiger charge is -2.31. The van der Waals surface area contributed by atoms with E-state index in [0.29, 0.717) is 0 Å². The molecule has 0 radical (unpaired) electrons.